The van der Waals surface area contributed by atoms with E-state index in [2.05, 4.69) is 5.32 Å². The highest BCUT2D eigenvalue weighted by atomic mass is 32.2. The van der Waals surface area contributed by atoms with Gasteiger partial charge in [0.2, 0.25) is 5.91 Å². The van der Waals surface area contributed by atoms with Crippen LogP contribution in [0.2, 0.25) is 0 Å². The standard InChI is InChI=1S/C19H27NO5S/c1-14(15-7-8-17-18(13-15)25-11-4-10-24-17)20-19(21)9-12-26(22,23)16-5-2-3-6-16/h7-8,13-14,16H,2-6,9-12H2,1H3,(H,20,21)/t14-/m0/s1. The summed E-state index contributed by atoms with van der Waals surface area (Å²) in [7, 11) is -3.17. The maximum Gasteiger partial charge on any atom is 0.221 e. The summed E-state index contributed by atoms with van der Waals surface area (Å²) in [6, 6.07) is 5.39. The highest BCUT2D eigenvalue weighted by molar-refractivity contribution is 7.92. The Morgan fingerprint density at radius 1 is 1.15 bits per heavy atom. The van der Waals surface area contributed by atoms with Crippen LogP contribution in [0.3, 0.4) is 0 Å². The molecule has 1 aliphatic carbocycles. The summed E-state index contributed by atoms with van der Waals surface area (Å²) in [6.07, 6.45) is 4.25. The number of ether oxygens (including phenoxy) is 2. The predicted octanol–water partition coefficient (Wildman–Crippen LogP) is 2.77. The SMILES string of the molecule is C[C@H](NC(=O)CCS(=O)(=O)C1CCCC1)c1ccc2c(c1)OCCCO2. The van der Waals surface area contributed by atoms with Crippen LogP contribution in [-0.4, -0.2) is 38.5 Å². The first-order chi connectivity index (χ1) is 12.5. The van der Waals surface area contributed by atoms with E-state index in [1.807, 2.05) is 25.1 Å². The first kappa shape index (κ1) is 19.0. The van der Waals surface area contributed by atoms with Crippen LogP contribution in [0.1, 0.15) is 57.1 Å². The number of sulfone groups is 1. The Kier molecular flexibility index (Phi) is 6.06. The second-order valence-electron chi connectivity index (χ2n) is 7.07. The largest absolute Gasteiger partial charge is 0.490 e. The van der Waals surface area contributed by atoms with Crippen LogP contribution in [0.15, 0.2) is 18.2 Å². The van der Waals surface area contributed by atoms with E-state index in [1.54, 1.807) is 0 Å². The molecule has 1 N–H and O–H groups in total. The molecule has 0 bridgehead atoms. The summed E-state index contributed by atoms with van der Waals surface area (Å²) < 4.78 is 35.8. The second kappa shape index (κ2) is 8.29. The van der Waals surface area contributed by atoms with E-state index in [9.17, 15) is 13.2 Å². The van der Waals surface area contributed by atoms with Crippen molar-refractivity contribution in [2.75, 3.05) is 19.0 Å². The molecule has 1 aromatic rings. The molecule has 0 radical (unpaired) electrons. The first-order valence-electron chi connectivity index (χ1n) is 9.36. The van der Waals surface area contributed by atoms with E-state index < -0.39 is 9.84 Å². The lowest BCUT2D eigenvalue weighted by atomic mass is 10.1. The molecule has 0 saturated heterocycles. The number of benzene rings is 1. The third-order valence-corrected chi connectivity index (χ3v) is 7.33. The summed E-state index contributed by atoms with van der Waals surface area (Å²) in [4.78, 5) is 12.2. The summed E-state index contributed by atoms with van der Waals surface area (Å²) in [6.45, 7) is 3.12. The van der Waals surface area contributed by atoms with Crippen LogP contribution >= 0.6 is 0 Å². The fraction of sp³-hybridized carbons (Fsp3) is 0.632. The van der Waals surface area contributed by atoms with Crippen molar-refractivity contribution >= 4 is 15.7 Å². The minimum atomic E-state index is -3.17. The van der Waals surface area contributed by atoms with Gasteiger partial charge in [-0.3, -0.25) is 4.79 Å². The highest BCUT2D eigenvalue weighted by Gasteiger charge is 2.29. The van der Waals surface area contributed by atoms with Gasteiger partial charge in [0.1, 0.15) is 0 Å². The van der Waals surface area contributed by atoms with Crippen molar-refractivity contribution in [3.63, 3.8) is 0 Å². The number of hydrogen-bond donors (Lipinski definition) is 1. The molecule has 0 aromatic heterocycles. The topological polar surface area (TPSA) is 81.7 Å². The summed E-state index contributed by atoms with van der Waals surface area (Å²) >= 11 is 0. The van der Waals surface area contributed by atoms with Gasteiger partial charge in [0.05, 0.1) is 30.3 Å². The maximum atomic E-state index is 12.3. The molecule has 3 rings (SSSR count). The van der Waals surface area contributed by atoms with Gasteiger partial charge in [0.25, 0.3) is 0 Å². The van der Waals surface area contributed by atoms with Crippen molar-refractivity contribution in [3.8, 4) is 11.5 Å². The highest BCUT2D eigenvalue weighted by Crippen LogP contribution is 2.32. The molecule has 26 heavy (non-hydrogen) atoms. The van der Waals surface area contributed by atoms with Gasteiger partial charge in [-0.1, -0.05) is 18.9 Å². The van der Waals surface area contributed by atoms with Crippen LogP contribution in [0, 0.1) is 0 Å². The maximum absolute atomic E-state index is 12.3. The van der Waals surface area contributed by atoms with E-state index in [0.717, 1.165) is 37.7 Å². The molecule has 0 unspecified atom stereocenters. The number of carbonyl (C=O) groups excluding carboxylic acids is 1. The Morgan fingerprint density at radius 2 is 1.85 bits per heavy atom. The molecule has 144 valence electrons. The van der Waals surface area contributed by atoms with Gasteiger partial charge in [-0.15, -0.1) is 0 Å². The smallest absolute Gasteiger partial charge is 0.221 e. The summed E-state index contributed by atoms with van der Waals surface area (Å²) in [5.41, 5.74) is 0.904. The van der Waals surface area contributed by atoms with Crippen LogP contribution in [-0.2, 0) is 14.6 Å². The molecule has 0 spiro atoms. The molecule has 1 saturated carbocycles. The Morgan fingerprint density at radius 3 is 2.58 bits per heavy atom. The first-order valence-corrected chi connectivity index (χ1v) is 11.1. The molecule has 1 aliphatic heterocycles. The van der Waals surface area contributed by atoms with Gasteiger partial charge in [0.15, 0.2) is 21.3 Å². The van der Waals surface area contributed by atoms with Crippen LogP contribution < -0.4 is 14.8 Å². The number of hydrogen-bond acceptors (Lipinski definition) is 5. The van der Waals surface area contributed by atoms with Crippen LogP contribution in [0.25, 0.3) is 0 Å². The van der Waals surface area contributed by atoms with E-state index in [4.69, 9.17) is 9.47 Å². The van der Waals surface area contributed by atoms with Crippen molar-refractivity contribution < 1.29 is 22.7 Å². The molecule has 1 heterocycles. The van der Waals surface area contributed by atoms with Crippen molar-refractivity contribution in [3.05, 3.63) is 23.8 Å². The number of rotatable bonds is 6. The lowest BCUT2D eigenvalue weighted by molar-refractivity contribution is -0.121. The van der Waals surface area contributed by atoms with Gasteiger partial charge in [-0.2, -0.15) is 0 Å². The van der Waals surface area contributed by atoms with Gasteiger partial charge in [-0.25, -0.2) is 8.42 Å². The second-order valence-corrected chi connectivity index (χ2v) is 9.47. The molecule has 1 amide bonds. The third kappa shape index (κ3) is 4.69. The molecule has 2 aliphatic rings. The normalized spacial score (nSPS) is 19.0. The fourth-order valence-electron chi connectivity index (χ4n) is 3.50. The number of amides is 1. The molecular formula is C19H27NO5S. The zero-order chi connectivity index (χ0) is 18.6. The van der Waals surface area contributed by atoms with Crippen LogP contribution in [0.5, 0.6) is 11.5 Å². The van der Waals surface area contributed by atoms with E-state index in [-0.39, 0.29) is 29.4 Å². The quantitative estimate of drug-likeness (QED) is 0.819. The average Bonchev–Trinajstić information content (AvgIpc) is 3.07. The van der Waals surface area contributed by atoms with Crippen molar-refractivity contribution in [2.24, 2.45) is 0 Å². The van der Waals surface area contributed by atoms with Gasteiger partial charge >= 0.3 is 0 Å². The lowest BCUT2D eigenvalue weighted by Crippen LogP contribution is -2.30. The van der Waals surface area contributed by atoms with Crippen molar-refractivity contribution in [1.29, 1.82) is 0 Å². The monoisotopic (exact) mass is 381 g/mol. The minimum Gasteiger partial charge on any atom is -0.490 e. The van der Waals surface area contributed by atoms with Crippen LogP contribution in [0.4, 0.5) is 0 Å². The Hall–Kier alpha value is -1.76. The van der Waals surface area contributed by atoms with Gasteiger partial charge in [-0.05, 0) is 37.5 Å². The Labute approximate surface area is 155 Å². The summed E-state index contributed by atoms with van der Waals surface area (Å²) in [5, 5.41) is 2.63. The number of carbonyl (C=O) groups is 1. The molecule has 1 fully saturated rings. The molecule has 1 aromatic carbocycles. The average molecular weight is 381 g/mol. The zero-order valence-electron chi connectivity index (χ0n) is 15.2. The summed E-state index contributed by atoms with van der Waals surface area (Å²) in [5.74, 6) is 1.08. The minimum absolute atomic E-state index is 0.00766. The zero-order valence-corrected chi connectivity index (χ0v) is 16.0. The van der Waals surface area contributed by atoms with E-state index >= 15 is 0 Å². The third-order valence-electron chi connectivity index (χ3n) is 5.07. The molecule has 1 atom stereocenters. The van der Waals surface area contributed by atoms with Crippen molar-refractivity contribution in [1.82, 2.24) is 5.32 Å². The van der Waals surface area contributed by atoms with Crippen molar-refractivity contribution in [2.45, 2.75) is 56.7 Å². The van der Waals surface area contributed by atoms with Gasteiger partial charge < -0.3 is 14.8 Å². The Balaban J connectivity index is 1.55. The molecule has 7 heteroatoms. The van der Waals surface area contributed by atoms with E-state index in [0.29, 0.717) is 24.7 Å². The number of fused-ring (bicyclic) bond motifs is 1. The number of nitrogens with one attached hydrogen (secondary N) is 1. The van der Waals surface area contributed by atoms with Gasteiger partial charge in [0, 0.05) is 12.8 Å². The molecular weight excluding hydrogens is 354 g/mol. The molecule has 6 nitrogen and oxygen atoms in total. The van der Waals surface area contributed by atoms with E-state index in [1.165, 1.54) is 0 Å². The lowest BCUT2D eigenvalue weighted by Gasteiger charge is -2.17. The predicted molar refractivity (Wildman–Crippen MR) is 99.3 cm³/mol. The Bertz CT molecular complexity index is 740. The fourth-order valence-corrected chi connectivity index (χ4v) is 5.35.